The molecule has 0 N–H and O–H groups in total. The van der Waals surface area contributed by atoms with Crippen LogP contribution in [0, 0.1) is 13.8 Å². The number of rotatable bonds is 5. The molecule has 2 rings (SSSR count). The lowest BCUT2D eigenvalue weighted by atomic mass is 10.0. The average molecular weight is 282 g/mol. The van der Waals surface area contributed by atoms with Crippen molar-refractivity contribution in [1.82, 2.24) is 0 Å². The number of hydrogen-bond donors (Lipinski definition) is 0. The van der Waals surface area contributed by atoms with Gasteiger partial charge in [0.2, 0.25) is 0 Å². The van der Waals surface area contributed by atoms with Crippen LogP contribution in [0.15, 0.2) is 42.5 Å². The number of ether oxygens (including phenoxy) is 1. The Morgan fingerprint density at radius 1 is 1.05 bits per heavy atom. The Bertz CT molecular complexity index is 642. The predicted molar refractivity (Wildman–Crippen MR) is 86.3 cm³/mol. The summed E-state index contributed by atoms with van der Waals surface area (Å²) >= 11 is 0. The quantitative estimate of drug-likeness (QED) is 0.744. The fraction of sp³-hybridized carbons (Fsp3) is 0.316. The van der Waals surface area contributed by atoms with Gasteiger partial charge in [0.15, 0.2) is 12.4 Å². The molecule has 0 radical (unpaired) electrons. The minimum atomic E-state index is 0.00745. The molecule has 0 aliphatic carbocycles. The minimum Gasteiger partial charge on any atom is -0.485 e. The molecule has 2 aromatic rings. The summed E-state index contributed by atoms with van der Waals surface area (Å²) in [6, 6.07) is 13.7. The summed E-state index contributed by atoms with van der Waals surface area (Å²) in [5.41, 5.74) is 4.24. The second-order valence-electron chi connectivity index (χ2n) is 5.74. The highest BCUT2D eigenvalue weighted by Gasteiger charge is 2.08. The minimum absolute atomic E-state index is 0.00745. The number of carbonyl (C=O) groups is 1. The first-order valence-corrected chi connectivity index (χ1v) is 7.30. The van der Waals surface area contributed by atoms with Crippen molar-refractivity contribution in [3.8, 4) is 5.75 Å². The van der Waals surface area contributed by atoms with Gasteiger partial charge in [-0.05, 0) is 54.7 Å². The first kappa shape index (κ1) is 15.3. The van der Waals surface area contributed by atoms with Crippen molar-refractivity contribution in [2.24, 2.45) is 0 Å². The highest BCUT2D eigenvalue weighted by molar-refractivity contribution is 5.97. The first-order chi connectivity index (χ1) is 9.97. The molecule has 110 valence electrons. The highest BCUT2D eigenvalue weighted by atomic mass is 16.5. The fourth-order valence-electron chi connectivity index (χ4n) is 2.11. The summed E-state index contributed by atoms with van der Waals surface area (Å²) in [5, 5.41) is 0. The maximum Gasteiger partial charge on any atom is 0.200 e. The van der Waals surface area contributed by atoms with Gasteiger partial charge in [-0.25, -0.2) is 0 Å². The predicted octanol–water partition coefficient (Wildman–Crippen LogP) is 4.69. The largest absolute Gasteiger partial charge is 0.485 e. The van der Waals surface area contributed by atoms with Crippen LogP contribution in [0.5, 0.6) is 5.75 Å². The van der Waals surface area contributed by atoms with E-state index in [4.69, 9.17) is 4.74 Å². The smallest absolute Gasteiger partial charge is 0.200 e. The Kier molecular flexibility index (Phi) is 4.79. The molecule has 0 aliphatic heterocycles. The Balaban J connectivity index is 2.03. The third-order valence-electron chi connectivity index (χ3n) is 3.72. The van der Waals surface area contributed by atoms with Gasteiger partial charge in [0.05, 0.1) is 0 Å². The van der Waals surface area contributed by atoms with Crippen LogP contribution < -0.4 is 4.74 Å². The van der Waals surface area contributed by atoms with Gasteiger partial charge >= 0.3 is 0 Å². The van der Waals surface area contributed by atoms with Crippen LogP contribution in [-0.4, -0.2) is 12.4 Å². The zero-order valence-electron chi connectivity index (χ0n) is 13.1. The van der Waals surface area contributed by atoms with Crippen LogP contribution in [0.4, 0.5) is 0 Å². The number of Topliss-reactive ketones (excluding diaryl/α,β-unsaturated/α-hetero) is 1. The molecule has 2 heteroatoms. The maximum absolute atomic E-state index is 12.2. The first-order valence-electron chi connectivity index (χ1n) is 7.30. The molecule has 2 aromatic carbocycles. The molecule has 0 saturated heterocycles. The zero-order chi connectivity index (χ0) is 15.4. The van der Waals surface area contributed by atoms with Gasteiger partial charge in [-0.3, -0.25) is 4.79 Å². The molecule has 0 bridgehead atoms. The summed E-state index contributed by atoms with van der Waals surface area (Å²) in [5.74, 6) is 1.20. The van der Waals surface area contributed by atoms with Gasteiger partial charge in [-0.2, -0.15) is 0 Å². The molecular formula is C19H22O2. The molecule has 0 saturated carbocycles. The fourth-order valence-corrected chi connectivity index (χ4v) is 2.11. The lowest BCUT2D eigenvalue weighted by Crippen LogP contribution is -2.12. The Labute approximate surface area is 126 Å². The van der Waals surface area contributed by atoms with E-state index in [2.05, 4.69) is 19.9 Å². The van der Waals surface area contributed by atoms with Crippen LogP contribution >= 0.6 is 0 Å². The van der Waals surface area contributed by atoms with Crippen molar-refractivity contribution < 1.29 is 9.53 Å². The average Bonchev–Trinajstić information content (AvgIpc) is 2.48. The Hall–Kier alpha value is -2.09. The van der Waals surface area contributed by atoms with Crippen LogP contribution in [0.25, 0.3) is 0 Å². The van der Waals surface area contributed by atoms with Gasteiger partial charge < -0.3 is 4.74 Å². The third-order valence-corrected chi connectivity index (χ3v) is 3.72. The summed E-state index contributed by atoms with van der Waals surface area (Å²) < 4.78 is 5.63. The monoisotopic (exact) mass is 282 g/mol. The SMILES string of the molecule is Cc1ccc(C(=O)COc2cccc(C(C)C)c2)cc1C. The van der Waals surface area contributed by atoms with E-state index in [1.165, 1.54) is 11.1 Å². The van der Waals surface area contributed by atoms with E-state index in [0.717, 1.165) is 11.3 Å². The van der Waals surface area contributed by atoms with E-state index in [9.17, 15) is 4.79 Å². The molecule has 0 unspecified atom stereocenters. The van der Waals surface area contributed by atoms with Crippen molar-refractivity contribution in [2.75, 3.05) is 6.61 Å². The van der Waals surface area contributed by atoms with Gasteiger partial charge in [-0.1, -0.05) is 38.1 Å². The summed E-state index contributed by atoms with van der Waals surface area (Å²) in [6.45, 7) is 8.40. The molecule has 2 nitrogen and oxygen atoms in total. The van der Waals surface area contributed by atoms with E-state index in [1.54, 1.807) is 0 Å². The topological polar surface area (TPSA) is 26.3 Å². The van der Waals surface area contributed by atoms with Gasteiger partial charge in [-0.15, -0.1) is 0 Å². The maximum atomic E-state index is 12.2. The third kappa shape index (κ3) is 3.94. The molecule has 0 spiro atoms. The molecular weight excluding hydrogens is 260 g/mol. The molecule has 0 fully saturated rings. The Morgan fingerprint density at radius 3 is 2.48 bits per heavy atom. The summed E-state index contributed by atoms with van der Waals surface area (Å²) in [7, 11) is 0. The molecule has 0 aliphatic rings. The molecule has 0 amide bonds. The van der Waals surface area contributed by atoms with Gasteiger partial charge in [0, 0.05) is 5.56 Å². The second-order valence-corrected chi connectivity index (χ2v) is 5.74. The molecule has 0 heterocycles. The summed E-state index contributed by atoms with van der Waals surface area (Å²) in [4.78, 5) is 12.2. The number of benzene rings is 2. The van der Waals surface area contributed by atoms with Crippen molar-refractivity contribution in [3.63, 3.8) is 0 Å². The number of ketones is 1. The van der Waals surface area contributed by atoms with E-state index in [-0.39, 0.29) is 12.4 Å². The molecule has 0 aromatic heterocycles. The standard InChI is InChI=1S/C19H22O2/c1-13(2)16-6-5-7-18(11-16)21-12-19(20)17-9-8-14(3)15(4)10-17/h5-11,13H,12H2,1-4H3. The zero-order valence-corrected chi connectivity index (χ0v) is 13.1. The number of hydrogen-bond acceptors (Lipinski definition) is 2. The lowest BCUT2D eigenvalue weighted by Gasteiger charge is -2.10. The van der Waals surface area contributed by atoms with E-state index < -0.39 is 0 Å². The van der Waals surface area contributed by atoms with Crippen molar-refractivity contribution in [2.45, 2.75) is 33.6 Å². The number of aryl methyl sites for hydroxylation is 2. The van der Waals surface area contributed by atoms with Crippen LogP contribution in [0.2, 0.25) is 0 Å². The molecule has 21 heavy (non-hydrogen) atoms. The van der Waals surface area contributed by atoms with Crippen LogP contribution in [0.1, 0.15) is 46.8 Å². The van der Waals surface area contributed by atoms with E-state index >= 15 is 0 Å². The van der Waals surface area contributed by atoms with Gasteiger partial charge in [0.25, 0.3) is 0 Å². The normalized spacial score (nSPS) is 10.7. The van der Waals surface area contributed by atoms with E-state index in [1.807, 2.05) is 50.2 Å². The van der Waals surface area contributed by atoms with Crippen molar-refractivity contribution in [3.05, 3.63) is 64.7 Å². The van der Waals surface area contributed by atoms with Crippen LogP contribution in [0.3, 0.4) is 0 Å². The Morgan fingerprint density at radius 2 is 1.81 bits per heavy atom. The van der Waals surface area contributed by atoms with Crippen molar-refractivity contribution in [1.29, 1.82) is 0 Å². The lowest BCUT2D eigenvalue weighted by molar-refractivity contribution is 0.0921. The van der Waals surface area contributed by atoms with Crippen molar-refractivity contribution >= 4 is 5.78 Å². The van der Waals surface area contributed by atoms with Gasteiger partial charge in [0.1, 0.15) is 5.75 Å². The summed E-state index contributed by atoms with van der Waals surface area (Å²) in [6.07, 6.45) is 0. The van der Waals surface area contributed by atoms with Crippen LogP contribution in [-0.2, 0) is 0 Å². The van der Waals surface area contributed by atoms with E-state index in [0.29, 0.717) is 11.5 Å². The number of carbonyl (C=O) groups excluding carboxylic acids is 1. The second kappa shape index (κ2) is 6.57. The molecule has 0 atom stereocenters. The highest BCUT2D eigenvalue weighted by Crippen LogP contribution is 2.20.